The number of hydrogen-bond donors (Lipinski definition) is 2. The molecule has 3 rings (SSSR count). The van der Waals surface area contributed by atoms with Gasteiger partial charge in [-0.3, -0.25) is 10.1 Å². The Morgan fingerprint density at radius 1 is 1.58 bits per heavy atom. The Labute approximate surface area is 113 Å². The standard InChI is InChI=1S/C11H12ClN5O2/c1-11(3-2-4-19-11)9(18)17-10-15-7(12)6-8(16-10)14-5-13-6/h5H,2-4H2,1H3,(H2,13,14,15,16,17,18). The van der Waals surface area contributed by atoms with Crippen LogP contribution in [0.1, 0.15) is 19.8 Å². The second-order valence-corrected chi connectivity index (χ2v) is 4.93. The maximum Gasteiger partial charge on any atom is 0.258 e. The molecule has 2 aromatic rings. The molecule has 1 fully saturated rings. The van der Waals surface area contributed by atoms with Gasteiger partial charge in [0, 0.05) is 6.61 Å². The lowest BCUT2D eigenvalue weighted by Crippen LogP contribution is -2.39. The zero-order chi connectivity index (χ0) is 13.5. The maximum atomic E-state index is 12.1. The van der Waals surface area contributed by atoms with Crippen LogP contribution in [0, 0.1) is 0 Å². The molecule has 0 aliphatic carbocycles. The van der Waals surface area contributed by atoms with E-state index in [1.54, 1.807) is 6.92 Å². The Morgan fingerprint density at radius 2 is 2.42 bits per heavy atom. The number of ether oxygens (including phenoxy) is 1. The van der Waals surface area contributed by atoms with Crippen molar-refractivity contribution in [3.05, 3.63) is 11.5 Å². The molecule has 1 saturated heterocycles. The SMILES string of the molecule is CC1(C(=O)Nc2nc(Cl)c3[nH]cnc3n2)CCCO1. The van der Waals surface area contributed by atoms with E-state index in [1.165, 1.54) is 6.33 Å². The van der Waals surface area contributed by atoms with Gasteiger partial charge in [-0.15, -0.1) is 0 Å². The lowest BCUT2D eigenvalue weighted by atomic mass is 10.0. The van der Waals surface area contributed by atoms with Crippen molar-refractivity contribution in [1.29, 1.82) is 0 Å². The summed E-state index contributed by atoms with van der Waals surface area (Å²) in [4.78, 5) is 27.1. The summed E-state index contributed by atoms with van der Waals surface area (Å²) in [5, 5.41) is 2.84. The van der Waals surface area contributed by atoms with Crippen molar-refractivity contribution in [2.75, 3.05) is 11.9 Å². The van der Waals surface area contributed by atoms with Crippen LogP contribution in [0.15, 0.2) is 6.33 Å². The summed E-state index contributed by atoms with van der Waals surface area (Å²) in [6, 6.07) is 0. The first-order valence-corrected chi connectivity index (χ1v) is 6.28. The Kier molecular flexibility index (Phi) is 2.87. The topological polar surface area (TPSA) is 92.8 Å². The van der Waals surface area contributed by atoms with Crippen molar-refractivity contribution in [3.63, 3.8) is 0 Å². The summed E-state index contributed by atoms with van der Waals surface area (Å²) in [5.41, 5.74) is 0.131. The molecule has 0 radical (unpaired) electrons. The number of rotatable bonds is 2. The lowest BCUT2D eigenvalue weighted by Gasteiger charge is -2.21. The molecule has 19 heavy (non-hydrogen) atoms. The number of anilines is 1. The van der Waals surface area contributed by atoms with Crippen LogP contribution in [-0.4, -0.2) is 38.1 Å². The average Bonchev–Trinajstić information content (AvgIpc) is 2.98. The zero-order valence-corrected chi connectivity index (χ0v) is 11.0. The Bertz CT molecular complexity index is 635. The van der Waals surface area contributed by atoms with E-state index in [0.29, 0.717) is 24.2 Å². The van der Waals surface area contributed by atoms with E-state index < -0.39 is 5.60 Å². The molecule has 7 nitrogen and oxygen atoms in total. The molecule has 100 valence electrons. The molecule has 8 heteroatoms. The summed E-state index contributed by atoms with van der Waals surface area (Å²) in [6.07, 6.45) is 3.01. The van der Waals surface area contributed by atoms with Gasteiger partial charge < -0.3 is 9.72 Å². The second-order valence-electron chi connectivity index (χ2n) is 4.58. The van der Waals surface area contributed by atoms with Crippen molar-refractivity contribution in [1.82, 2.24) is 19.9 Å². The van der Waals surface area contributed by atoms with Crippen LogP contribution in [-0.2, 0) is 9.53 Å². The molecule has 0 saturated carbocycles. The molecule has 0 bridgehead atoms. The molecular formula is C11H12ClN5O2. The molecule has 1 aliphatic rings. The van der Waals surface area contributed by atoms with E-state index in [0.717, 1.165) is 6.42 Å². The molecular weight excluding hydrogens is 270 g/mol. The minimum absolute atomic E-state index is 0.131. The van der Waals surface area contributed by atoms with Gasteiger partial charge in [-0.1, -0.05) is 11.6 Å². The highest BCUT2D eigenvalue weighted by molar-refractivity contribution is 6.33. The number of carbonyl (C=O) groups excluding carboxylic acids is 1. The Morgan fingerprint density at radius 3 is 3.16 bits per heavy atom. The number of halogens is 1. The molecule has 1 amide bonds. The van der Waals surface area contributed by atoms with Crippen molar-refractivity contribution in [2.24, 2.45) is 0 Å². The summed E-state index contributed by atoms with van der Waals surface area (Å²) in [6.45, 7) is 2.34. The van der Waals surface area contributed by atoms with Crippen molar-refractivity contribution < 1.29 is 9.53 Å². The summed E-state index contributed by atoms with van der Waals surface area (Å²) >= 11 is 5.98. The molecule has 0 aromatic carbocycles. The van der Waals surface area contributed by atoms with Crippen LogP contribution >= 0.6 is 11.6 Å². The minimum atomic E-state index is -0.823. The molecule has 0 spiro atoms. The van der Waals surface area contributed by atoms with E-state index in [9.17, 15) is 4.79 Å². The highest BCUT2D eigenvalue weighted by atomic mass is 35.5. The summed E-state index contributed by atoms with van der Waals surface area (Å²) < 4.78 is 5.45. The number of carbonyl (C=O) groups is 1. The summed E-state index contributed by atoms with van der Waals surface area (Å²) in [7, 11) is 0. The Balaban J connectivity index is 1.86. The average molecular weight is 282 g/mol. The number of aromatic nitrogens is 4. The lowest BCUT2D eigenvalue weighted by molar-refractivity contribution is -0.133. The zero-order valence-electron chi connectivity index (χ0n) is 10.2. The van der Waals surface area contributed by atoms with Gasteiger partial charge in [-0.2, -0.15) is 9.97 Å². The van der Waals surface area contributed by atoms with Gasteiger partial charge in [0.05, 0.1) is 6.33 Å². The highest BCUT2D eigenvalue weighted by Gasteiger charge is 2.38. The van der Waals surface area contributed by atoms with E-state index in [1.807, 2.05) is 0 Å². The number of nitrogens with one attached hydrogen (secondary N) is 2. The van der Waals surface area contributed by atoms with Crippen LogP contribution < -0.4 is 5.32 Å². The third kappa shape index (κ3) is 2.15. The fourth-order valence-electron chi connectivity index (χ4n) is 2.05. The van der Waals surface area contributed by atoms with E-state index in [2.05, 4.69) is 25.3 Å². The fourth-order valence-corrected chi connectivity index (χ4v) is 2.26. The van der Waals surface area contributed by atoms with Gasteiger partial charge >= 0.3 is 0 Å². The molecule has 1 unspecified atom stereocenters. The Hall–Kier alpha value is -1.73. The van der Waals surface area contributed by atoms with Crippen LogP contribution in [0.3, 0.4) is 0 Å². The molecule has 3 heterocycles. The van der Waals surface area contributed by atoms with E-state index in [-0.39, 0.29) is 17.0 Å². The molecule has 1 aliphatic heterocycles. The minimum Gasteiger partial charge on any atom is -0.365 e. The number of H-pyrrole nitrogens is 1. The maximum absolute atomic E-state index is 12.1. The second kappa shape index (κ2) is 4.43. The fraction of sp³-hybridized carbons (Fsp3) is 0.455. The number of nitrogens with zero attached hydrogens (tertiary/aromatic N) is 3. The van der Waals surface area contributed by atoms with E-state index in [4.69, 9.17) is 16.3 Å². The third-order valence-electron chi connectivity index (χ3n) is 3.17. The van der Waals surface area contributed by atoms with Crippen LogP contribution in [0.2, 0.25) is 5.15 Å². The van der Waals surface area contributed by atoms with Crippen LogP contribution in [0.5, 0.6) is 0 Å². The van der Waals surface area contributed by atoms with Gasteiger partial charge in [0.25, 0.3) is 5.91 Å². The van der Waals surface area contributed by atoms with Gasteiger partial charge in [0.2, 0.25) is 5.95 Å². The van der Waals surface area contributed by atoms with Crippen molar-refractivity contribution in [3.8, 4) is 0 Å². The first-order valence-electron chi connectivity index (χ1n) is 5.90. The van der Waals surface area contributed by atoms with Crippen LogP contribution in [0.25, 0.3) is 11.2 Å². The predicted molar refractivity (Wildman–Crippen MR) is 68.9 cm³/mol. The smallest absolute Gasteiger partial charge is 0.258 e. The van der Waals surface area contributed by atoms with Gasteiger partial charge in [-0.25, -0.2) is 4.98 Å². The van der Waals surface area contributed by atoms with E-state index >= 15 is 0 Å². The molecule has 2 aromatic heterocycles. The number of imidazole rings is 1. The first-order chi connectivity index (χ1) is 9.08. The van der Waals surface area contributed by atoms with Gasteiger partial charge in [0.15, 0.2) is 10.8 Å². The molecule has 2 N–H and O–H groups in total. The van der Waals surface area contributed by atoms with Gasteiger partial charge in [-0.05, 0) is 19.8 Å². The van der Waals surface area contributed by atoms with Gasteiger partial charge in [0.1, 0.15) is 11.1 Å². The number of aromatic amines is 1. The first kappa shape index (κ1) is 12.3. The number of amides is 1. The monoisotopic (exact) mass is 281 g/mol. The number of hydrogen-bond acceptors (Lipinski definition) is 5. The van der Waals surface area contributed by atoms with Crippen molar-refractivity contribution >= 4 is 34.6 Å². The van der Waals surface area contributed by atoms with Crippen LogP contribution in [0.4, 0.5) is 5.95 Å². The largest absolute Gasteiger partial charge is 0.365 e. The van der Waals surface area contributed by atoms with Crippen molar-refractivity contribution in [2.45, 2.75) is 25.4 Å². The molecule has 1 atom stereocenters. The third-order valence-corrected chi connectivity index (χ3v) is 3.44. The number of fused-ring (bicyclic) bond motifs is 1. The highest BCUT2D eigenvalue weighted by Crippen LogP contribution is 2.26. The summed E-state index contributed by atoms with van der Waals surface area (Å²) in [5.74, 6) is -0.137. The predicted octanol–water partition coefficient (Wildman–Crippen LogP) is 1.51. The quantitative estimate of drug-likeness (QED) is 0.814. The normalized spacial score (nSPS) is 22.8.